The third-order valence-corrected chi connectivity index (χ3v) is 6.47. The van der Waals surface area contributed by atoms with Crippen LogP contribution < -0.4 is 0 Å². The third-order valence-electron chi connectivity index (χ3n) is 6.47. The van der Waals surface area contributed by atoms with Crippen LogP contribution in [-0.4, -0.2) is 33.4 Å². The smallest absolute Gasteiger partial charge is 0.331 e. The molecule has 0 radical (unpaired) electrons. The maximum absolute atomic E-state index is 12.9. The van der Waals surface area contributed by atoms with Crippen molar-refractivity contribution in [3.8, 4) is 0 Å². The highest BCUT2D eigenvalue weighted by Gasteiger charge is 2.71. The summed E-state index contributed by atoms with van der Waals surface area (Å²) in [5.74, 6) is -1.51. The molecule has 2 fully saturated rings. The summed E-state index contributed by atoms with van der Waals surface area (Å²) in [6, 6.07) is 0. The summed E-state index contributed by atoms with van der Waals surface area (Å²) in [5, 5.41) is 20.6. The zero-order chi connectivity index (χ0) is 18.5. The molecule has 1 heterocycles. The van der Waals surface area contributed by atoms with Crippen LogP contribution in [0.2, 0.25) is 0 Å². The first-order valence-corrected chi connectivity index (χ1v) is 8.85. The summed E-state index contributed by atoms with van der Waals surface area (Å²) >= 11 is 0. The quantitative estimate of drug-likeness (QED) is 0.355. The van der Waals surface area contributed by atoms with E-state index in [9.17, 15) is 14.7 Å². The van der Waals surface area contributed by atoms with E-state index >= 15 is 0 Å². The second-order valence-electron chi connectivity index (χ2n) is 7.94. The highest BCUT2D eigenvalue weighted by atomic mass is 16.6. The van der Waals surface area contributed by atoms with E-state index in [1.165, 1.54) is 18.6 Å². The lowest BCUT2D eigenvalue weighted by atomic mass is 9.62. The van der Waals surface area contributed by atoms with Gasteiger partial charge in [-0.1, -0.05) is 23.8 Å². The minimum Gasteiger partial charge on any atom is -0.478 e. The zero-order valence-electron chi connectivity index (χ0n) is 15.0. The average molecular weight is 346 g/mol. The van der Waals surface area contributed by atoms with Crippen LogP contribution >= 0.6 is 0 Å². The molecule has 2 bridgehead atoms. The van der Waals surface area contributed by atoms with Crippen molar-refractivity contribution < 1.29 is 24.5 Å². The summed E-state index contributed by atoms with van der Waals surface area (Å²) in [5.41, 5.74) is -1.44. The van der Waals surface area contributed by atoms with Gasteiger partial charge in [-0.2, -0.15) is 0 Å². The largest absolute Gasteiger partial charge is 0.478 e. The van der Waals surface area contributed by atoms with Crippen LogP contribution in [0, 0.1) is 11.3 Å². The molecule has 2 N–H and O–H groups in total. The maximum atomic E-state index is 12.9. The fraction of sp³-hybridized carbons (Fsp3) is 0.600. The van der Waals surface area contributed by atoms with E-state index in [2.05, 4.69) is 6.08 Å². The molecule has 1 saturated heterocycles. The van der Waals surface area contributed by atoms with Gasteiger partial charge in [0.15, 0.2) is 0 Å². The number of carbonyl (C=O) groups is 2. The van der Waals surface area contributed by atoms with E-state index in [4.69, 9.17) is 9.84 Å². The fourth-order valence-corrected chi connectivity index (χ4v) is 4.81. The van der Waals surface area contributed by atoms with Crippen molar-refractivity contribution in [1.82, 2.24) is 0 Å². The summed E-state index contributed by atoms with van der Waals surface area (Å²) < 4.78 is 5.83. The topological polar surface area (TPSA) is 83.8 Å². The number of hydrogen-bond donors (Lipinski definition) is 2. The maximum Gasteiger partial charge on any atom is 0.331 e. The molecular formula is C20H26O5. The van der Waals surface area contributed by atoms with Gasteiger partial charge in [0.05, 0.1) is 5.60 Å². The Kier molecular flexibility index (Phi) is 4.18. The normalized spacial score (nSPS) is 41.1. The van der Waals surface area contributed by atoms with Crippen LogP contribution in [0.15, 0.2) is 35.5 Å². The first-order chi connectivity index (χ1) is 11.6. The van der Waals surface area contributed by atoms with Gasteiger partial charge in [0.1, 0.15) is 11.0 Å². The zero-order valence-corrected chi connectivity index (χ0v) is 15.0. The van der Waals surface area contributed by atoms with Gasteiger partial charge in [-0.3, -0.25) is 4.79 Å². The Balaban J connectivity index is 1.97. The molecule has 1 saturated carbocycles. The monoisotopic (exact) mass is 346 g/mol. The molecule has 1 aliphatic heterocycles. The molecule has 0 aromatic carbocycles. The van der Waals surface area contributed by atoms with Crippen LogP contribution in [0.5, 0.6) is 0 Å². The molecule has 3 aliphatic rings. The lowest BCUT2D eigenvalue weighted by molar-refractivity contribution is -0.224. The Hall–Kier alpha value is -1.88. The summed E-state index contributed by atoms with van der Waals surface area (Å²) in [6.45, 7) is 5.36. The van der Waals surface area contributed by atoms with Crippen LogP contribution in [-0.2, 0) is 14.3 Å². The van der Waals surface area contributed by atoms with Crippen molar-refractivity contribution in [3.05, 3.63) is 35.5 Å². The Morgan fingerprint density at radius 1 is 1.40 bits per heavy atom. The summed E-state index contributed by atoms with van der Waals surface area (Å²) in [6.07, 6.45) is 10.1. The fourth-order valence-electron chi connectivity index (χ4n) is 4.81. The van der Waals surface area contributed by atoms with E-state index in [-0.39, 0.29) is 17.5 Å². The van der Waals surface area contributed by atoms with Crippen molar-refractivity contribution in [2.75, 3.05) is 0 Å². The van der Waals surface area contributed by atoms with Crippen LogP contribution in [0.4, 0.5) is 0 Å². The first kappa shape index (κ1) is 17.9. The molecule has 4 unspecified atom stereocenters. The van der Waals surface area contributed by atoms with E-state index in [1.54, 1.807) is 12.2 Å². The molecule has 0 aromatic rings. The number of allylic oxidation sites excluding steroid dienone is 4. The van der Waals surface area contributed by atoms with Crippen LogP contribution in [0.3, 0.4) is 0 Å². The molecule has 4 atom stereocenters. The lowest BCUT2D eigenvalue weighted by Gasteiger charge is -2.52. The Bertz CT molecular complexity index is 703. The Morgan fingerprint density at radius 2 is 2.12 bits per heavy atom. The van der Waals surface area contributed by atoms with E-state index in [1.807, 2.05) is 13.8 Å². The molecule has 5 nitrogen and oxygen atoms in total. The molecule has 0 spiro atoms. The van der Waals surface area contributed by atoms with Gasteiger partial charge in [-0.05, 0) is 59.0 Å². The minimum atomic E-state index is -1.08. The van der Waals surface area contributed by atoms with Crippen LogP contribution in [0.25, 0.3) is 0 Å². The lowest BCUT2D eigenvalue weighted by Crippen LogP contribution is -2.63. The average Bonchev–Trinajstić information content (AvgIpc) is 2.69. The van der Waals surface area contributed by atoms with Gasteiger partial charge in [-0.15, -0.1) is 0 Å². The Labute approximate surface area is 148 Å². The van der Waals surface area contributed by atoms with Crippen LogP contribution in [0.1, 0.15) is 52.9 Å². The van der Waals surface area contributed by atoms with Gasteiger partial charge in [0.2, 0.25) is 0 Å². The third kappa shape index (κ3) is 2.56. The van der Waals surface area contributed by atoms with Gasteiger partial charge in [0.25, 0.3) is 0 Å². The highest BCUT2D eigenvalue weighted by Crippen LogP contribution is 2.63. The molecule has 3 rings (SSSR count). The van der Waals surface area contributed by atoms with Gasteiger partial charge in [-0.25, -0.2) is 4.79 Å². The van der Waals surface area contributed by atoms with E-state index < -0.39 is 22.6 Å². The number of carboxylic acids is 1. The van der Waals surface area contributed by atoms with Crippen molar-refractivity contribution in [1.29, 1.82) is 0 Å². The molecule has 136 valence electrons. The predicted molar refractivity (Wildman–Crippen MR) is 92.7 cm³/mol. The minimum absolute atomic E-state index is 0.188. The summed E-state index contributed by atoms with van der Waals surface area (Å²) in [4.78, 5) is 23.9. The number of aliphatic carboxylic acids is 1. The number of hydrogen-bond acceptors (Lipinski definition) is 4. The predicted octanol–water partition coefficient (Wildman–Crippen LogP) is 3.15. The molecule has 0 aromatic heterocycles. The SMILES string of the molecule is CC1=CCC23CCC(C(C)(/C=C/C=C(\C)C(=O)O)OC2=O)C3(O)CC1. The van der Waals surface area contributed by atoms with Crippen molar-refractivity contribution >= 4 is 11.9 Å². The van der Waals surface area contributed by atoms with Crippen molar-refractivity contribution in [3.63, 3.8) is 0 Å². The first-order valence-electron chi connectivity index (χ1n) is 8.85. The molecule has 2 aliphatic carbocycles. The molecular weight excluding hydrogens is 320 g/mol. The number of esters is 1. The number of carbonyl (C=O) groups excluding carboxylic acids is 1. The summed E-state index contributed by atoms with van der Waals surface area (Å²) in [7, 11) is 0. The Morgan fingerprint density at radius 3 is 2.80 bits per heavy atom. The number of aliphatic hydroxyl groups is 1. The number of carboxylic acid groups (broad SMARTS) is 1. The van der Waals surface area contributed by atoms with Gasteiger partial charge >= 0.3 is 11.9 Å². The van der Waals surface area contributed by atoms with Crippen molar-refractivity contribution in [2.45, 2.75) is 64.1 Å². The van der Waals surface area contributed by atoms with E-state index in [0.29, 0.717) is 19.3 Å². The molecule has 25 heavy (non-hydrogen) atoms. The van der Waals surface area contributed by atoms with Crippen molar-refractivity contribution in [2.24, 2.45) is 11.3 Å². The number of ether oxygens (including phenoxy) is 1. The number of cyclic esters (lactones) is 1. The second kappa shape index (κ2) is 5.84. The second-order valence-corrected chi connectivity index (χ2v) is 7.94. The molecule has 5 heteroatoms. The standard InChI is InChI=1S/C20H26O5/c1-13-6-10-19-11-8-15(20(19,24)12-7-13)18(3,25-17(19)23)9-4-5-14(2)16(21)22/h4-6,9,15,24H,7-8,10-12H2,1-3H3,(H,21,22)/b9-4+,14-5+. The number of rotatable bonds is 3. The van der Waals surface area contributed by atoms with Gasteiger partial charge in [0, 0.05) is 11.5 Å². The van der Waals surface area contributed by atoms with E-state index in [0.717, 1.165) is 12.8 Å². The molecule has 0 amide bonds. The highest BCUT2D eigenvalue weighted by molar-refractivity contribution is 5.86. The van der Waals surface area contributed by atoms with Gasteiger partial charge < -0.3 is 14.9 Å².